The summed E-state index contributed by atoms with van der Waals surface area (Å²) in [5.74, 6) is 1.19. The number of piperidine rings is 1. The average Bonchev–Trinajstić information content (AvgIpc) is 3.21. The van der Waals surface area contributed by atoms with Crippen LogP contribution in [0.2, 0.25) is 0 Å². The van der Waals surface area contributed by atoms with Crippen molar-refractivity contribution in [3.05, 3.63) is 29.3 Å². The molecule has 160 valence electrons. The van der Waals surface area contributed by atoms with Gasteiger partial charge in [-0.25, -0.2) is 0 Å². The Kier molecular flexibility index (Phi) is 3.93. The van der Waals surface area contributed by atoms with E-state index in [4.69, 9.17) is 14.2 Å². The molecule has 1 saturated carbocycles. The molecule has 0 aromatic heterocycles. The molecule has 1 aromatic carbocycles. The van der Waals surface area contributed by atoms with E-state index in [0.29, 0.717) is 18.6 Å². The molecule has 2 bridgehead atoms. The number of benzene rings is 1. The van der Waals surface area contributed by atoms with E-state index in [1.165, 1.54) is 11.1 Å². The van der Waals surface area contributed by atoms with Crippen LogP contribution in [0.15, 0.2) is 23.8 Å². The first kappa shape index (κ1) is 18.5. The van der Waals surface area contributed by atoms with Crippen LogP contribution < -0.4 is 14.8 Å². The number of ether oxygens (including phenoxy) is 3. The second-order valence-corrected chi connectivity index (χ2v) is 9.32. The fourth-order valence-electron chi connectivity index (χ4n) is 7.32. The topological polar surface area (TPSA) is 80.3 Å². The van der Waals surface area contributed by atoms with Crippen molar-refractivity contribution in [2.45, 2.75) is 42.9 Å². The average molecular weight is 412 g/mol. The lowest BCUT2D eigenvalue weighted by atomic mass is 9.54. The monoisotopic (exact) mass is 412 g/mol. The molecule has 1 aromatic rings. The van der Waals surface area contributed by atoms with Crippen molar-refractivity contribution in [1.29, 1.82) is 0 Å². The second-order valence-electron chi connectivity index (χ2n) is 9.32. The zero-order valence-corrected chi connectivity index (χ0v) is 17.4. The molecule has 30 heavy (non-hydrogen) atoms. The fraction of sp³-hybridized carbons (Fsp3) is 0.609. The molecule has 4 aliphatic heterocycles. The summed E-state index contributed by atoms with van der Waals surface area (Å²) in [6.07, 6.45) is 4.11. The molecule has 0 unspecified atom stereocenters. The van der Waals surface area contributed by atoms with Crippen molar-refractivity contribution in [3.8, 4) is 11.5 Å². The molecular formula is C23H28N2O5. The van der Waals surface area contributed by atoms with Gasteiger partial charge in [0.15, 0.2) is 11.5 Å². The lowest BCUT2D eigenvalue weighted by Crippen LogP contribution is -2.64. The maximum Gasteiger partial charge on any atom is 0.305 e. The molecule has 6 atom stereocenters. The molecule has 5 aliphatic rings. The standard InChI is InChI=1S/C23H28N2O5/c1-28-16-8-14-15(9-17(16)29-2)24-22-21-13-7-19-23(14,22)4-5-25(19)11-12(13)3-6-30-18(21)10-20(26)27/h3,8-9,13,18-19,21-22,24H,4-7,10-11H2,1-2H3,(H,26,27)/t13-,18+,19-,21-,22+,23+/m0/s1. The van der Waals surface area contributed by atoms with Crippen molar-refractivity contribution < 1.29 is 24.1 Å². The summed E-state index contributed by atoms with van der Waals surface area (Å²) >= 11 is 0. The number of hydrogen-bond acceptors (Lipinski definition) is 6. The van der Waals surface area contributed by atoms with Crippen molar-refractivity contribution in [1.82, 2.24) is 4.90 Å². The number of nitrogens with one attached hydrogen (secondary N) is 1. The number of rotatable bonds is 4. The summed E-state index contributed by atoms with van der Waals surface area (Å²) in [6, 6.07) is 4.80. The van der Waals surface area contributed by atoms with E-state index < -0.39 is 5.97 Å². The van der Waals surface area contributed by atoms with E-state index in [1.807, 2.05) is 6.07 Å². The molecule has 0 radical (unpaired) electrons. The van der Waals surface area contributed by atoms with Crippen LogP contribution in [0.25, 0.3) is 0 Å². The van der Waals surface area contributed by atoms with Crippen LogP contribution in [-0.4, -0.2) is 68.1 Å². The van der Waals surface area contributed by atoms with Crippen LogP contribution in [0.3, 0.4) is 0 Å². The highest BCUT2D eigenvalue weighted by atomic mass is 16.5. The van der Waals surface area contributed by atoms with Gasteiger partial charge in [-0.05, 0) is 36.9 Å². The van der Waals surface area contributed by atoms with Gasteiger partial charge in [-0.2, -0.15) is 0 Å². The van der Waals surface area contributed by atoms with Gasteiger partial charge in [-0.3, -0.25) is 9.69 Å². The maximum absolute atomic E-state index is 11.7. The van der Waals surface area contributed by atoms with Gasteiger partial charge in [-0.1, -0.05) is 11.6 Å². The number of hydrogen-bond donors (Lipinski definition) is 2. The highest BCUT2D eigenvalue weighted by molar-refractivity contribution is 5.71. The predicted octanol–water partition coefficient (Wildman–Crippen LogP) is 2.26. The quantitative estimate of drug-likeness (QED) is 0.735. The number of anilines is 1. The molecular weight excluding hydrogens is 384 g/mol. The van der Waals surface area contributed by atoms with Crippen LogP contribution in [-0.2, 0) is 14.9 Å². The molecule has 4 heterocycles. The summed E-state index contributed by atoms with van der Waals surface area (Å²) in [5, 5.41) is 13.4. The van der Waals surface area contributed by atoms with Gasteiger partial charge in [0.2, 0.25) is 0 Å². The van der Waals surface area contributed by atoms with E-state index in [1.54, 1.807) is 14.2 Å². The van der Waals surface area contributed by atoms with Crippen molar-refractivity contribution >= 4 is 11.7 Å². The van der Waals surface area contributed by atoms with E-state index >= 15 is 0 Å². The third-order valence-electron chi connectivity index (χ3n) is 8.39. The number of carboxylic acids is 1. The van der Waals surface area contributed by atoms with Crippen LogP contribution in [0.5, 0.6) is 11.5 Å². The molecule has 1 spiro atoms. The SMILES string of the molecule is COc1cc2c(cc1OC)[C@@]13CCN4CC5=CCO[C@H](CC(=O)O)[C@@H]([C@H]1N2)[C@H]5C[C@H]43. The first-order chi connectivity index (χ1) is 14.6. The van der Waals surface area contributed by atoms with Crippen molar-refractivity contribution in [3.63, 3.8) is 0 Å². The minimum atomic E-state index is -0.790. The van der Waals surface area contributed by atoms with Crippen LogP contribution in [0, 0.1) is 11.8 Å². The number of fused-ring (bicyclic) bond motifs is 2. The van der Waals surface area contributed by atoms with Gasteiger partial charge < -0.3 is 24.6 Å². The molecule has 1 aliphatic carbocycles. The van der Waals surface area contributed by atoms with Gasteiger partial charge in [-0.15, -0.1) is 0 Å². The summed E-state index contributed by atoms with van der Waals surface area (Å²) < 4.78 is 17.4. The van der Waals surface area contributed by atoms with Gasteiger partial charge in [0.05, 0.1) is 33.4 Å². The highest BCUT2D eigenvalue weighted by Crippen LogP contribution is 2.63. The molecule has 7 nitrogen and oxygen atoms in total. The first-order valence-corrected chi connectivity index (χ1v) is 10.9. The van der Waals surface area contributed by atoms with Crippen LogP contribution >= 0.6 is 0 Å². The Balaban J connectivity index is 1.52. The molecule has 6 rings (SSSR count). The Morgan fingerprint density at radius 3 is 2.90 bits per heavy atom. The Morgan fingerprint density at radius 1 is 1.33 bits per heavy atom. The maximum atomic E-state index is 11.7. The summed E-state index contributed by atoms with van der Waals surface area (Å²) in [4.78, 5) is 14.3. The Hall–Kier alpha value is -2.25. The molecule has 2 saturated heterocycles. The van der Waals surface area contributed by atoms with E-state index in [9.17, 15) is 9.90 Å². The number of nitrogens with zero attached hydrogens (tertiary/aromatic N) is 1. The third-order valence-corrected chi connectivity index (χ3v) is 8.39. The Morgan fingerprint density at radius 2 is 2.13 bits per heavy atom. The van der Waals surface area contributed by atoms with Crippen molar-refractivity contribution in [2.75, 3.05) is 39.2 Å². The lowest BCUT2D eigenvalue weighted by Gasteiger charge is -2.55. The minimum absolute atomic E-state index is 0.0495. The molecule has 0 amide bonds. The molecule has 7 heteroatoms. The van der Waals surface area contributed by atoms with E-state index in [0.717, 1.165) is 43.1 Å². The van der Waals surface area contributed by atoms with Gasteiger partial charge in [0, 0.05) is 41.7 Å². The second kappa shape index (κ2) is 6.37. The number of carbonyl (C=O) groups is 1. The van der Waals surface area contributed by atoms with Gasteiger partial charge in [0.25, 0.3) is 0 Å². The Labute approximate surface area is 176 Å². The summed E-state index contributed by atoms with van der Waals surface area (Å²) in [7, 11) is 3.34. The van der Waals surface area contributed by atoms with Crippen LogP contribution in [0.1, 0.15) is 24.8 Å². The highest BCUT2D eigenvalue weighted by Gasteiger charge is 2.67. The molecule has 3 fully saturated rings. The minimum Gasteiger partial charge on any atom is -0.493 e. The first-order valence-electron chi connectivity index (χ1n) is 10.9. The van der Waals surface area contributed by atoms with Crippen LogP contribution in [0.4, 0.5) is 5.69 Å². The number of methoxy groups -OCH3 is 2. The van der Waals surface area contributed by atoms with Gasteiger partial charge >= 0.3 is 5.97 Å². The fourth-order valence-corrected chi connectivity index (χ4v) is 7.32. The van der Waals surface area contributed by atoms with E-state index in [-0.39, 0.29) is 29.9 Å². The predicted molar refractivity (Wildman–Crippen MR) is 110 cm³/mol. The van der Waals surface area contributed by atoms with Crippen molar-refractivity contribution in [2.24, 2.45) is 11.8 Å². The zero-order valence-electron chi connectivity index (χ0n) is 17.4. The summed E-state index contributed by atoms with van der Waals surface area (Å²) in [5.41, 5.74) is 3.77. The third kappa shape index (κ3) is 2.25. The zero-order chi connectivity index (χ0) is 20.6. The summed E-state index contributed by atoms with van der Waals surface area (Å²) in [6.45, 7) is 2.55. The largest absolute Gasteiger partial charge is 0.493 e. The number of carboxylic acid groups (broad SMARTS) is 1. The molecule has 2 N–H and O–H groups in total. The Bertz CT molecular complexity index is 946. The van der Waals surface area contributed by atoms with Gasteiger partial charge in [0.1, 0.15) is 0 Å². The van der Waals surface area contributed by atoms with E-state index in [2.05, 4.69) is 22.4 Å². The smallest absolute Gasteiger partial charge is 0.305 e. The number of aliphatic carboxylic acids is 1. The normalized spacial score (nSPS) is 38.1. The lowest BCUT2D eigenvalue weighted by molar-refractivity contribution is -0.142.